The van der Waals surface area contributed by atoms with Crippen LogP contribution in [0.2, 0.25) is 0 Å². The Balaban J connectivity index is 2.49. The topological polar surface area (TPSA) is 43.1 Å². The number of carbonyl (C=O) groups is 1. The molecule has 0 saturated heterocycles. The second-order valence-electron chi connectivity index (χ2n) is 3.69. The molecule has 1 amide bonds. The Bertz CT molecular complexity index is 419. The van der Waals surface area contributed by atoms with E-state index in [1.807, 2.05) is 54.6 Å². The van der Waals surface area contributed by atoms with Crippen LogP contribution in [0.4, 0.5) is 0 Å². The molecule has 0 heterocycles. The number of allylic oxidation sites excluding steroid dienone is 3. The van der Waals surface area contributed by atoms with E-state index >= 15 is 0 Å². The van der Waals surface area contributed by atoms with Gasteiger partial charge in [0.1, 0.15) is 0 Å². The first-order valence-electron chi connectivity index (χ1n) is 4.95. The van der Waals surface area contributed by atoms with Gasteiger partial charge in [0.2, 0.25) is 5.91 Å². The van der Waals surface area contributed by atoms with Crippen molar-refractivity contribution in [2.24, 2.45) is 5.73 Å². The summed E-state index contributed by atoms with van der Waals surface area (Å²) in [5.41, 5.74) is 5.81. The summed E-state index contributed by atoms with van der Waals surface area (Å²) in [4.78, 5) is 11.6. The van der Waals surface area contributed by atoms with Gasteiger partial charge >= 0.3 is 0 Å². The van der Waals surface area contributed by atoms with E-state index in [9.17, 15) is 4.79 Å². The quantitative estimate of drug-likeness (QED) is 0.777. The maximum atomic E-state index is 11.6. The van der Waals surface area contributed by atoms with Crippen LogP contribution in [0.15, 0.2) is 54.6 Å². The first kappa shape index (κ1) is 9.71. The Morgan fingerprint density at radius 1 is 1.20 bits per heavy atom. The van der Waals surface area contributed by atoms with Gasteiger partial charge in [-0.25, -0.2) is 0 Å². The van der Waals surface area contributed by atoms with Crippen molar-refractivity contribution < 1.29 is 4.79 Å². The molecule has 0 bridgehead atoms. The largest absolute Gasteiger partial charge is 0.369 e. The number of carbonyl (C=O) groups excluding carboxylic acids is 1. The molecule has 0 radical (unpaired) electrons. The smallest absolute Gasteiger partial charge is 0.232 e. The predicted octanol–water partition coefficient (Wildman–Crippen LogP) is 1.93. The van der Waals surface area contributed by atoms with Crippen LogP contribution in [0, 0.1) is 0 Å². The first-order chi connectivity index (χ1) is 7.26. The third kappa shape index (κ3) is 1.59. The van der Waals surface area contributed by atoms with E-state index in [1.165, 1.54) is 0 Å². The zero-order valence-corrected chi connectivity index (χ0v) is 8.39. The maximum Gasteiger partial charge on any atom is 0.232 e. The van der Waals surface area contributed by atoms with Crippen molar-refractivity contribution in [3.8, 4) is 0 Å². The minimum absolute atomic E-state index is 0.297. The minimum Gasteiger partial charge on any atom is -0.369 e. The van der Waals surface area contributed by atoms with Crippen molar-refractivity contribution >= 4 is 5.91 Å². The highest BCUT2D eigenvalue weighted by atomic mass is 16.1. The van der Waals surface area contributed by atoms with Gasteiger partial charge in [0.15, 0.2) is 0 Å². The predicted molar refractivity (Wildman–Crippen MR) is 60.2 cm³/mol. The number of nitrogens with two attached hydrogens (primary N) is 1. The fourth-order valence-electron chi connectivity index (χ4n) is 1.89. The van der Waals surface area contributed by atoms with E-state index in [1.54, 1.807) is 0 Å². The molecule has 1 unspecified atom stereocenters. The van der Waals surface area contributed by atoms with Gasteiger partial charge in [-0.15, -0.1) is 0 Å². The lowest BCUT2D eigenvalue weighted by Crippen LogP contribution is -2.39. The third-order valence-corrected chi connectivity index (χ3v) is 2.80. The van der Waals surface area contributed by atoms with Crippen LogP contribution >= 0.6 is 0 Å². The molecule has 0 saturated carbocycles. The van der Waals surface area contributed by atoms with Crippen LogP contribution in [0.25, 0.3) is 0 Å². The van der Waals surface area contributed by atoms with E-state index in [0.717, 1.165) is 5.56 Å². The summed E-state index contributed by atoms with van der Waals surface area (Å²) >= 11 is 0. The van der Waals surface area contributed by atoms with Crippen LogP contribution in [-0.4, -0.2) is 5.91 Å². The highest BCUT2D eigenvalue weighted by Crippen LogP contribution is 2.32. The fraction of sp³-hybridized carbons (Fsp3) is 0.154. The molecular formula is C13H13NO. The summed E-state index contributed by atoms with van der Waals surface area (Å²) in [5.74, 6) is -0.297. The van der Waals surface area contributed by atoms with Gasteiger partial charge in [-0.05, 0) is 12.0 Å². The summed E-state index contributed by atoms with van der Waals surface area (Å²) < 4.78 is 0. The molecule has 0 aromatic heterocycles. The Labute approximate surface area is 89.1 Å². The molecule has 76 valence electrons. The molecule has 2 nitrogen and oxygen atoms in total. The van der Waals surface area contributed by atoms with Crippen molar-refractivity contribution in [2.75, 3.05) is 0 Å². The first-order valence-corrected chi connectivity index (χ1v) is 4.95. The monoisotopic (exact) mass is 199 g/mol. The zero-order chi connectivity index (χ0) is 10.7. The second kappa shape index (κ2) is 3.73. The van der Waals surface area contributed by atoms with Crippen LogP contribution in [0.1, 0.15) is 12.0 Å². The number of rotatable bonds is 2. The van der Waals surface area contributed by atoms with Crippen LogP contribution < -0.4 is 5.73 Å². The lowest BCUT2D eigenvalue weighted by Gasteiger charge is -2.28. The zero-order valence-electron chi connectivity index (χ0n) is 8.39. The summed E-state index contributed by atoms with van der Waals surface area (Å²) in [6.45, 7) is 0. The minimum atomic E-state index is -0.657. The van der Waals surface area contributed by atoms with Crippen LogP contribution in [-0.2, 0) is 10.2 Å². The highest BCUT2D eigenvalue weighted by molar-refractivity contribution is 5.89. The molecule has 1 aromatic rings. The number of primary amides is 1. The second-order valence-corrected chi connectivity index (χ2v) is 3.69. The van der Waals surface area contributed by atoms with Crippen molar-refractivity contribution in [3.05, 3.63) is 60.2 Å². The molecule has 1 aliphatic carbocycles. The molecule has 0 fully saturated rings. The van der Waals surface area contributed by atoms with E-state index in [4.69, 9.17) is 5.73 Å². The summed E-state index contributed by atoms with van der Waals surface area (Å²) in [6.07, 6.45) is 8.30. The molecule has 1 aliphatic rings. The Kier molecular flexibility index (Phi) is 2.42. The van der Waals surface area contributed by atoms with Crippen LogP contribution in [0.5, 0.6) is 0 Å². The van der Waals surface area contributed by atoms with E-state index in [-0.39, 0.29) is 5.91 Å². The number of benzene rings is 1. The lowest BCUT2D eigenvalue weighted by molar-refractivity contribution is -0.121. The highest BCUT2D eigenvalue weighted by Gasteiger charge is 2.35. The van der Waals surface area contributed by atoms with Gasteiger partial charge in [-0.2, -0.15) is 0 Å². The molecule has 0 aliphatic heterocycles. The summed E-state index contributed by atoms with van der Waals surface area (Å²) in [7, 11) is 0. The average molecular weight is 199 g/mol. The van der Waals surface area contributed by atoms with Crippen molar-refractivity contribution in [1.29, 1.82) is 0 Å². The summed E-state index contributed by atoms with van der Waals surface area (Å²) in [6, 6.07) is 9.65. The van der Waals surface area contributed by atoms with Gasteiger partial charge < -0.3 is 5.73 Å². The van der Waals surface area contributed by atoms with Gasteiger partial charge in [0, 0.05) is 0 Å². The number of hydrogen-bond donors (Lipinski definition) is 1. The normalized spacial score (nSPS) is 24.0. The third-order valence-electron chi connectivity index (χ3n) is 2.80. The van der Waals surface area contributed by atoms with Crippen molar-refractivity contribution in [2.45, 2.75) is 11.8 Å². The lowest BCUT2D eigenvalue weighted by atomic mass is 9.75. The average Bonchev–Trinajstić information content (AvgIpc) is 2.31. The Morgan fingerprint density at radius 2 is 1.93 bits per heavy atom. The van der Waals surface area contributed by atoms with E-state index < -0.39 is 5.41 Å². The molecule has 2 heteroatoms. The standard InChI is InChI=1S/C13H13NO/c14-12(15)13(9-5-2-6-10-13)11-7-3-1-4-8-11/h1-9H,10H2,(H2,14,15). The molecule has 15 heavy (non-hydrogen) atoms. The molecule has 1 atom stereocenters. The SMILES string of the molecule is NC(=O)C1(c2ccccc2)C=CC=CC1. The molecule has 1 aromatic carbocycles. The van der Waals surface area contributed by atoms with Crippen LogP contribution in [0.3, 0.4) is 0 Å². The summed E-state index contributed by atoms with van der Waals surface area (Å²) in [5, 5.41) is 0. The van der Waals surface area contributed by atoms with Gasteiger partial charge in [0.05, 0.1) is 5.41 Å². The van der Waals surface area contributed by atoms with Crippen molar-refractivity contribution in [3.63, 3.8) is 0 Å². The molecular weight excluding hydrogens is 186 g/mol. The Morgan fingerprint density at radius 3 is 2.47 bits per heavy atom. The number of amides is 1. The van der Waals surface area contributed by atoms with E-state index in [0.29, 0.717) is 6.42 Å². The van der Waals surface area contributed by atoms with Gasteiger partial charge in [0.25, 0.3) is 0 Å². The maximum absolute atomic E-state index is 11.6. The molecule has 0 spiro atoms. The van der Waals surface area contributed by atoms with Gasteiger partial charge in [-0.3, -0.25) is 4.79 Å². The van der Waals surface area contributed by atoms with Crippen molar-refractivity contribution in [1.82, 2.24) is 0 Å². The van der Waals surface area contributed by atoms with Gasteiger partial charge in [-0.1, -0.05) is 54.6 Å². The number of hydrogen-bond acceptors (Lipinski definition) is 1. The molecule has 2 N–H and O–H groups in total. The molecule has 2 rings (SSSR count). The fourth-order valence-corrected chi connectivity index (χ4v) is 1.89. The van der Waals surface area contributed by atoms with E-state index in [2.05, 4.69) is 0 Å². The Hall–Kier alpha value is -1.83.